The highest BCUT2D eigenvalue weighted by Gasteiger charge is 2.31. The molecule has 2 rings (SSSR count). The minimum atomic E-state index is -0.343. The van der Waals surface area contributed by atoms with Gasteiger partial charge in [-0.25, -0.2) is 4.79 Å². The van der Waals surface area contributed by atoms with E-state index in [1.807, 2.05) is 38.1 Å². The maximum absolute atomic E-state index is 12.1. The number of hydrogen-bond donors (Lipinski definition) is 3. The summed E-state index contributed by atoms with van der Waals surface area (Å²) >= 11 is 0. The van der Waals surface area contributed by atoms with Crippen LogP contribution in [0.25, 0.3) is 0 Å². The van der Waals surface area contributed by atoms with Crippen LogP contribution in [0.4, 0.5) is 10.5 Å². The Morgan fingerprint density at radius 1 is 1.41 bits per heavy atom. The van der Waals surface area contributed by atoms with Crippen LogP contribution in [0.1, 0.15) is 25.3 Å². The van der Waals surface area contributed by atoms with E-state index >= 15 is 0 Å². The molecule has 22 heavy (non-hydrogen) atoms. The van der Waals surface area contributed by atoms with Gasteiger partial charge in [0.05, 0.1) is 18.7 Å². The van der Waals surface area contributed by atoms with Crippen LogP contribution in [-0.4, -0.2) is 42.3 Å². The number of aliphatic hydroxyl groups excluding tert-OH is 1. The number of hydrogen-bond acceptors (Lipinski definition) is 3. The normalized spacial score (nSPS) is 19.1. The molecule has 120 valence electrons. The van der Waals surface area contributed by atoms with Gasteiger partial charge in [0, 0.05) is 18.7 Å². The van der Waals surface area contributed by atoms with Crippen LogP contribution < -0.4 is 15.5 Å². The van der Waals surface area contributed by atoms with Gasteiger partial charge >= 0.3 is 6.03 Å². The number of nitrogens with zero attached hydrogens (tertiary/aromatic N) is 1. The second-order valence-corrected chi connectivity index (χ2v) is 5.65. The fourth-order valence-corrected chi connectivity index (χ4v) is 2.47. The Balaban J connectivity index is 1.92. The minimum absolute atomic E-state index is 0.00310. The summed E-state index contributed by atoms with van der Waals surface area (Å²) in [4.78, 5) is 25.6. The third-order valence-electron chi connectivity index (χ3n) is 3.85. The Labute approximate surface area is 130 Å². The van der Waals surface area contributed by atoms with Gasteiger partial charge in [0.1, 0.15) is 0 Å². The lowest BCUT2D eigenvalue weighted by Gasteiger charge is -2.19. The molecule has 2 atom stereocenters. The first-order valence-electron chi connectivity index (χ1n) is 7.58. The van der Waals surface area contributed by atoms with Crippen molar-refractivity contribution in [1.82, 2.24) is 10.6 Å². The first kappa shape index (κ1) is 16.3. The number of benzene rings is 1. The van der Waals surface area contributed by atoms with Crippen molar-refractivity contribution in [3.05, 3.63) is 29.8 Å². The quantitative estimate of drug-likeness (QED) is 0.764. The molecule has 6 nitrogen and oxygen atoms in total. The maximum atomic E-state index is 12.1. The van der Waals surface area contributed by atoms with Crippen molar-refractivity contribution in [2.75, 3.05) is 18.1 Å². The average molecular weight is 305 g/mol. The van der Waals surface area contributed by atoms with Crippen LogP contribution in [0.15, 0.2) is 24.3 Å². The van der Waals surface area contributed by atoms with Crippen LogP contribution in [0.3, 0.4) is 0 Å². The van der Waals surface area contributed by atoms with E-state index in [1.54, 1.807) is 4.90 Å². The van der Waals surface area contributed by atoms with Crippen LogP contribution in [0.2, 0.25) is 0 Å². The molecule has 1 aliphatic rings. The molecule has 1 aromatic rings. The average Bonchev–Trinajstić information content (AvgIpc) is 2.86. The number of urea groups is 1. The van der Waals surface area contributed by atoms with Gasteiger partial charge in [-0.2, -0.15) is 0 Å². The Hall–Kier alpha value is -2.08. The van der Waals surface area contributed by atoms with Gasteiger partial charge in [0.25, 0.3) is 0 Å². The standard InChI is InChI=1S/C16H23N3O3/c1-3-12(10-20)17-16(22)18-13-8-15(21)19(9-13)14-6-4-11(2)5-7-14/h4-7,12-13,20H,3,8-10H2,1-2H3,(H2,17,18,22). The van der Waals surface area contributed by atoms with Crippen LogP contribution in [0.5, 0.6) is 0 Å². The van der Waals surface area contributed by atoms with Gasteiger partial charge in [-0.1, -0.05) is 24.6 Å². The van der Waals surface area contributed by atoms with Crippen molar-refractivity contribution in [3.8, 4) is 0 Å². The molecule has 1 fully saturated rings. The van der Waals surface area contributed by atoms with E-state index in [0.29, 0.717) is 13.0 Å². The van der Waals surface area contributed by atoms with E-state index in [2.05, 4.69) is 10.6 Å². The summed E-state index contributed by atoms with van der Waals surface area (Å²) in [5.74, 6) is 0.00310. The molecule has 2 unspecified atom stereocenters. The lowest BCUT2D eigenvalue weighted by Crippen LogP contribution is -2.48. The largest absolute Gasteiger partial charge is 0.394 e. The molecule has 0 aromatic heterocycles. The zero-order valence-electron chi connectivity index (χ0n) is 13.0. The molecule has 3 amide bonds. The SMILES string of the molecule is CCC(CO)NC(=O)NC1CC(=O)N(c2ccc(C)cc2)C1. The van der Waals surface area contributed by atoms with E-state index in [0.717, 1.165) is 11.3 Å². The second-order valence-electron chi connectivity index (χ2n) is 5.65. The molecule has 3 N–H and O–H groups in total. The molecule has 0 spiro atoms. The van der Waals surface area contributed by atoms with Gasteiger partial charge in [0.15, 0.2) is 0 Å². The third-order valence-corrected chi connectivity index (χ3v) is 3.85. The molecule has 0 saturated carbocycles. The predicted octanol–water partition coefficient (Wildman–Crippen LogP) is 1.17. The highest BCUT2D eigenvalue weighted by Crippen LogP contribution is 2.21. The first-order valence-corrected chi connectivity index (χ1v) is 7.58. The number of carbonyl (C=O) groups excluding carboxylic acids is 2. The number of aliphatic hydroxyl groups is 1. The highest BCUT2D eigenvalue weighted by molar-refractivity contribution is 5.96. The molecule has 0 bridgehead atoms. The monoisotopic (exact) mass is 305 g/mol. The summed E-state index contributed by atoms with van der Waals surface area (Å²) in [5, 5.41) is 14.6. The Morgan fingerprint density at radius 2 is 2.09 bits per heavy atom. The number of rotatable bonds is 5. The number of aryl methyl sites for hydroxylation is 1. The molecule has 6 heteroatoms. The summed E-state index contributed by atoms with van der Waals surface area (Å²) in [5.41, 5.74) is 1.99. The lowest BCUT2D eigenvalue weighted by atomic mass is 10.2. The minimum Gasteiger partial charge on any atom is -0.394 e. The molecule has 1 saturated heterocycles. The molecule has 1 heterocycles. The first-order chi connectivity index (χ1) is 10.5. The summed E-state index contributed by atoms with van der Waals surface area (Å²) in [6.45, 7) is 4.25. The number of anilines is 1. The van der Waals surface area contributed by atoms with Gasteiger partial charge < -0.3 is 20.6 Å². The van der Waals surface area contributed by atoms with Crippen molar-refractivity contribution in [3.63, 3.8) is 0 Å². The zero-order valence-corrected chi connectivity index (χ0v) is 13.0. The molecular weight excluding hydrogens is 282 g/mol. The van der Waals surface area contributed by atoms with Gasteiger partial charge in [0.2, 0.25) is 5.91 Å². The third kappa shape index (κ3) is 3.98. The number of amides is 3. The van der Waals surface area contributed by atoms with E-state index < -0.39 is 0 Å². The summed E-state index contributed by atoms with van der Waals surface area (Å²) in [6.07, 6.45) is 0.945. The van der Waals surface area contributed by atoms with E-state index in [1.165, 1.54) is 0 Å². The Bertz CT molecular complexity index is 526. The smallest absolute Gasteiger partial charge is 0.315 e. The molecule has 1 aromatic carbocycles. The maximum Gasteiger partial charge on any atom is 0.315 e. The summed E-state index contributed by atoms with van der Waals surface area (Å²) < 4.78 is 0. The second kappa shape index (κ2) is 7.26. The van der Waals surface area contributed by atoms with E-state index in [4.69, 9.17) is 5.11 Å². The Morgan fingerprint density at radius 3 is 2.68 bits per heavy atom. The molecule has 1 aliphatic heterocycles. The van der Waals surface area contributed by atoms with Crippen molar-refractivity contribution in [1.29, 1.82) is 0 Å². The number of carbonyl (C=O) groups is 2. The van der Waals surface area contributed by atoms with Crippen molar-refractivity contribution >= 4 is 17.6 Å². The lowest BCUT2D eigenvalue weighted by molar-refractivity contribution is -0.117. The van der Waals surface area contributed by atoms with Crippen LogP contribution >= 0.6 is 0 Å². The van der Waals surface area contributed by atoms with Crippen LogP contribution in [-0.2, 0) is 4.79 Å². The summed E-state index contributed by atoms with van der Waals surface area (Å²) in [6, 6.07) is 6.93. The van der Waals surface area contributed by atoms with Gasteiger partial charge in [-0.05, 0) is 25.5 Å². The van der Waals surface area contributed by atoms with E-state index in [9.17, 15) is 9.59 Å². The zero-order chi connectivity index (χ0) is 16.1. The fourth-order valence-electron chi connectivity index (χ4n) is 2.47. The summed E-state index contributed by atoms with van der Waals surface area (Å²) in [7, 11) is 0. The predicted molar refractivity (Wildman–Crippen MR) is 84.8 cm³/mol. The van der Waals surface area contributed by atoms with Gasteiger partial charge in [-0.3, -0.25) is 4.79 Å². The number of nitrogens with one attached hydrogen (secondary N) is 2. The molecule has 0 aliphatic carbocycles. The topological polar surface area (TPSA) is 81.7 Å². The Kier molecular flexibility index (Phi) is 5.38. The fraction of sp³-hybridized carbons (Fsp3) is 0.500. The highest BCUT2D eigenvalue weighted by atomic mass is 16.3. The van der Waals surface area contributed by atoms with Crippen molar-refractivity contribution < 1.29 is 14.7 Å². The van der Waals surface area contributed by atoms with Gasteiger partial charge in [-0.15, -0.1) is 0 Å². The van der Waals surface area contributed by atoms with Crippen molar-refractivity contribution in [2.45, 2.75) is 38.8 Å². The molecular formula is C16H23N3O3. The molecule has 0 radical (unpaired) electrons. The van der Waals surface area contributed by atoms with Crippen molar-refractivity contribution in [2.24, 2.45) is 0 Å². The van der Waals surface area contributed by atoms with Crippen LogP contribution in [0, 0.1) is 6.92 Å². The van der Waals surface area contributed by atoms with E-state index in [-0.39, 0.29) is 37.0 Å².